The lowest BCUT2D eigenvalue weighted by Gasteiger charge is -2.37. The van der Waals surface area contributed by atoms with Gasteiger partial charge in [-0.3, -0.25) is 0 Å². The van der Waals surface area contributed by atoms with E-state index in [-0.39, 0.29) is 19.8 Å². The van der Waals surface area contributed by atoms with E-state index >= 15 is 0 Å². The standard InChI is InChI=1S/C18H25ClN2O5/c1-5-18(4,12-13-26-15-10-8-14(19)9-11-15)21(17(23)25-7-3)20-16(22)24-6-2/h5,8-11H,1,6-7,12-13H2,2-4H3,(H,20,22). The van der Waals surface area contributed by atoms with Crippen molar-refractivity contribution in [1.29, 1.82) is 0 Å². The molecule has 26 heavy (non-hydrogen) atoms. The lowest BCUT2D eigenvalue weighted by molar-refractivity contribution is 0.0318. The number of nitrogens with zero attached hydrogens (tertiary/aromatic N) is 1. The zero-order chi connectivity index (χ0) is 19.6. The minimum Gasteiger partial charge on any atom is -0.493 e. The number of halogens is 1. The molecule has 1 atom stereocenters. The number of nitrogens with one attached hydrogen (secondary N) is 1. The highest BCUT2D eigenvalue weighted by atomic mass is 35.5. The third-order valence-corrected chi connectivity index (χ3v) is 3.82. The first-order valence-electron chi connectivity index (χ1n) is 8.28. The van der Waals surface area contributed by atoms with Gasteiger partial charge < -0.3 is 14.2 Å². The smallest absolute Gasteiger partial charge is 0.429 e. The maximum absolute atomic E-state index is 12.3. The summed E-state index contributed by atoms with van der Waals surface area (Å²) in [6, 6.07) is 6.93. The molecule has 0 bridgehead atoms. The van der Waals surface area contributed by atoms with Gasteiger partial charge in [0, 0.05) is 11.4 Å². The molecule has 0 radical (unpaired) electrons. The summed E-state index contributed by atoms with van der Waals surface area (Å²) in [6.07, 6.45) is 0.424. The van der Waals surface area contributed by atoms with Crippen LogP contribution in [0.5, 0.6) is 5.75 Å². The molecule has 7 nitrogen and oxygen atoms in total. The van der Waals surface area contributed by atoms with Crippen molar-refractivity contribution in [2.45, 2.75) is 32.7 Å². The van der Waals surface area contributed by atoms with Crippen molar-refractivity contribution in [1.82, 2.24) is 10.4 Å². The lowest BCUT2D eigenvalue weighted by Crippen LogP contribution is -2.58. The summed E-state index contributed by atoms with van der Waals surface area (Å²) < 4.78 is 15.5. The van der Waals surface area contributed by atoms with E-state index in [1.807, 2.05) is 0 Å². The van der Waals surface area contributed by atoms with Crippen molar-refractivity contribution in [2.24, 2.45) is 0 Å². The van der Waals surface area contributed by atoms with Gasteiger partial charge in [-0.2, -0.15) is 0 Å². The van der Waals surface area contributed by atoms with Crippen molar-refractivity contribution < 1.29 is 23.8 Å². The Labute approximate surface area is 158 Å². The van der Waals surface area contributed by atoms with Crippen molar-refractivity contribution >= 4 is 23.8 Å². The maximum Gasteiger partial charge on any atom is 0.429 e. The molecule has 2 amide bonds. The van der Waals surface area contributed by atoms with E-state index in [4.69, 9.17) is 25.8 Å². The van der Waals surface area contributed by atoms with E-state index in [1.165, 1.54) is 0 Å². The molecule has 1 rings (SSSR count). The van der Waals surface area contributed by atoms with Gasteiger partial charge in [0.1, 0.15) is 5.75 Å². The number of rotatable bonds is 8. The summed E-state index contributed by atoms with van der Waals surface area (Å²) in [4.78, 5) is 24.1. The number of ether oxygens (including phenoxy) is 3. The molecule has 1 aromatic carbocycles. The van der Waals surface area contributed by atoms with Crippen LogP contribution >= 0.6 is 11.6 Å². The Balaban J connectivity index is 2.82. The SMILES string of the molecule is C=CC(C)(CCOc1ccc(Cl)cc1)N(NC(=O)OCC)C(=O)OCC. The normalized spacial score (nSPS) is 12.5. The zero-order valence-electron chi connectivity index (χ0n) is 15.3. The van der Waals surface area contributed by atoms with E-state index < -0.39 is 17.7 Å². The van der Waals surface area contributed by atoms with Crippen LogP contribution in [0, 0.1) is 0 Å². The number of hydrazine groups is 1. The quantitative estimate of drug-likeness (QED) is 0.537. The first kappa shape index (κ1) is 21.6. The van der Waals surface area contributed by atoms with Crippen molar-refractivity contribution in [3.05, 3.63) is 41.9 Å². The summed E-state index contributed by atoms with van der Waals surface area (Å²) in [6.45, 7) is 9.45. The predicted octanol–water partition coefficient (Wildman–Crippen LogP) is 4.17. The van der Waals surface area contributed by atoms with Gasteiger partial charge in [-0.25, -0.2) is 20.0 Å². The molecule has 8 heteroatoms. The maximum atomic E-state index is 12.3. The molecule has 0 aliphatic carbocycles. The third kappa shape index (κ3) is 6.48. The van der Waals surface area contributed by atoms with Crippen LogP contribution in [0.3, 0.4) is 0 Å². The minimum atomic E-state index is -0.953. The van der Waals surface area contributed by atoms with Gasteiger partial charge in [-0.05, 0) is 45.0 Å². The van der Waals surface area contributed by atoms with Gasteiger partial charge in [0.05, 0.1) is 25.4 Å². The molecule has 1 unspecified atom stereocenters. The highest BCUT2D eigenvalue weighted by Gasteiger charge is 2.36. The summed E-state index contributed by atoms with van der Waals surface area (Å²) in [5.74, 6) is 0.641. The van der Waals surface area contributed by atoms with Crippen LogP contribution in [0.25, 0.3) is 0 Å². The average Bonchev–Trinajstić information content (AvgIpc) is 2.61. The number of carbonyl (C=O) groups is 2. The molecular weight excluding hydrogens is 360 g/mol. The predicted molar refractivity (Wildman–Crippen MR) is 99.2 cm³/mol. The molecule has 0 heterocycles. The van der Waals surface area contributed by atoms with Crippen LogP contribution in [0.15, 0.2) is 36.9 Å². The summed E-state index contributed by atoms with van der Waals surface area (Å²) in [7, 11) is 0. The number of benzene rings is 1. The summed E-state index contributed by atoms with van der Waals surface area (Å²) in [5, 5.41) is 1.67. The van der Waals surface area contributed by atoms with E-state index in [1.54, 1.807) is 51.1 Å². The molecule has 0 saturated carbocycles. The number of hydrogen-bond donors (Lipinski definition) is 1. The lowest BCUT2D eigenvalue weighted by atomic mass is 9.98. The van der Waals surface area contributed by atoms with Gasteiger partial charge in [0.2, 0.25) is 0 Å². The largest absolute Gasteiger partial charge is 0.493 e. The van der Waals surface area contributed by atoms with E-state index in [0.29, 0.717) is 17.2 Å². The first-order valence-corrected chi connectivity index (χ1v) is 8.66. The second-order valence-corrected chi connectivity index (χ2v) is 5.92. The highest BCUT2D eigenvalue weighted by Crippen LogP contribution is 2.22. The Kier molecular flexibility index (Phi) is 8.78. The summed E-state index contributed by atoms with van der Waals surface area (Å²) >= 11 is 5.84. The van der Waals surface area contributed by atoms with E-state index in [2.05, 4.69) is 12.0 Å². The molecule has 0 fully saturated rings. The Bertz CT molecular complexity index is 608. The fourth-order valence-electron chi connectivity index (χ4n) is 2.04. The molecule has 0 aromatic heterocycles. The van der Waals surface area contributed by atoms with Crippen LogP contribution in [-0.4, -0.2) is 42.6 Å². The Morgan fingerprint density at radius 1 is 1.23 bits per heavy atom. The fourth-order valence-corrected chi connectivity index (χ4v) is 2.16. The molecule has 0 saturated heterocycles. The van der Waals surface area contributed by atoms with Crippen LogP contribution in [0.4, 0.5) is 9.59 Å². The second kappa shape index (κ2) is 10.6. The van der Waals surface area contributed by atoms with Crippen molar-refractivity contribution in [3.8, 4) is 5.75 Å². The molecule has 0 aliphatic rings. The topological polar surface area (TPSA) is 77.1 Å². The van der Waals surface area contributed by atoms with Crippen LogP contribution in [0.1, 0.15) is 27.2 Å². The highest BCUT2D eigenvalue weighted by molar-refractivity contribution is 6.30. The van der Waals surface area contributed by atoms with Gasteiger partial charge >= 0.3 is 12.2 Å². The van der Waals surface area contributed by atoms with Gasteiger partial charge in [0.25, 0.3) is 0 Å². The Hall–Kier alpha value is -2.41. The zero-order valence-corrected chi connectivity index (χ0v) is 16.0. The fraction of sp³-hybridized carbons (Fsp3) is 0.444. The number of hydrogen-bond acceptors (Lipinski definition) is 5. The van der Waals surface area contributed by atoms with Gasteiger partial charge in [0.15, 0.2) is 0 Å². The minimum absolute atomic E-state index is 0.161. The van der Waals surface area contributed by atoms with Crippen molar-refractivity contribution in [3.63, 3.8) is 0 Å². The van der Waals surface area contributed by atoms with Crippen LogP contribution < -0.4 is 10.2 Å². The average molecular weight is 385 g/mol. The van der Waals surface area contributed by atoms with Crippen LogP contribution in [-0.2, 0) is 9.47 Å². The van der Waals surface area contributed by atoms with E-state index in [9.17, 15) is 9.59 Å². The Morgan fingerprint density at radius 3 is 2.38 bits per heavy atom. The number of amides is 2. The monoisotopic (exact) mass is 384 g/mol. The molecule has 1 N–H and O–H groups in total. The third-order valence-electron chi connectivity index (χ3n) is 3.57. The van der Waals surface area contributed by atoms with E-state index in [0.717, 1.165) is 5.01 Å². The number of carbonyl (C=O) groups excluding carboxylic acids is 2. The summed E-state index contributed by atoms with van der Waals surface area (Å²) in [5.41, 5.74) is 1.45. The van der Waals surface area contributed by atoms with Gasteiger partial charge in [-0.15, -0.1) is 6.58 Å². The molecular formula is C18H25ClN2O5. The molecule has 0 aliphatic heterocycles. The molecule has 0 spiro atoms. The van der Waals surface area contributed by atoms with Crippen molar-refractivity contribution in [2.75, 3.05) is 19.8 Å². The molecule has 1 aromatic rings. The second-order valence-electron chi connectivity index (χ2n) is 5.48. The Morgan fingerprint density at radius 2 is 1.85 bits per heavy atom. The first-order chi connectivity index (χ1) is 12.4. The van der Waals surface area contributed by atoms with Crippen LogP contribution in [0.2, 0.25) is 5.02 Å². The van der Waals surface area contributed by atoms with Gasteiger partial charge in [-0.1, -0.05) is 17.7 Å². The molecule has 144 valence electrons.